The van der Waals surface area contributed by atoms with E-state index >= 15 is 0 Å². The van der Waals surface area contributed by atoms with Gasteiger partial charge in [-0.2, -0.15) is 0 Å². The largest absolute Gasteiger partial charge is 0.486 e. The summed E-state index contributed by atoms with van der Waals surface area (Å²) < 4.78 is 15.9. The van der Waals surface area contributed by atoms with Crippen LogP contribution in [0.2, 0.25) is 0 Å². The van der Waals surface area contributed by atoms with Crippen molar-refractivity contribution in [3.8, 4) is 11.5 Å². The van der Waals surface area contributed by atoms with Crippen LogP contribution in [0.1, 0.15) is 27.0 Å². The van der Waals surface area contributed by atoms with Crippen LogP contribution in [-0.4, -0.2) is 37.7 Å². The quantitative estimate of drug-likeness (QED) is 0.768. The Morgan fingerprint density at radius 1 is 0.966 bits per heavy atom. The highest BCUT2D eigenvalue weighted by Gasteiger charge is 2.17. The van der Waals surface area contributed by atoms with Gasteiger partial charge < -0.3 is 19.5 Å². The van der Waals surface area contributed by atoms with Crippen LogP contribution < -0.4 is 20.1 Å². The van der Waals surface area contributed by atoms with Crippen LogP contribution in [0.3, 0.4) is 0 Å². The van der Waals surface area contributed by atoms with E-state index in [4.69, 9.17) is 14.2 Å². The van der Waals surface area contributed by atoms with Gasteiger partial charge in [0.05, 0.1) is 5.56 Å². The summed E-state index contributed by atoms with van der Waals surface area (Å²) in [6, 6.07) is 7.88. The van der Waals surface area contributed by atoms with Crippen molar-refractivity contribution in [3.63, 3.8) is 0 Å². The van der Waals surface area contributed by atoms with E-state index in [1.165, 1.54) is 0 Å². The number of amides is 3. The smallest absolute Gasteiger partial charge is 0.339 e. The fourth-order valence-electron chi connectivity index (χ4n) is 3.15. The Morgan fingerprint density at radius 3 is 2.31 bits per heavy atom. The van der Waals surface area contributed by atoms with Crippen molar-refractivity contribution in [2.45, 2.75) is 20.8 Å². The molecular weight excluding hydrogens is 376 g/mol. The zero-order valence-corrected chi connectivity index (χ0v) is 16.5. The molecule has 2 N–H and O–H groups in total. The third kappa shape index (κ3) is 5.04. The Morgan fingerprint density at radius 2 is 1.62 bits per heavy atom. The molecule has 0 radical (unpaired) electrons. The predicted molar refractivity (Wildman–Crippen MR) is 106 cm³/mol. The van der Waals surface area contributed by atoms with Gasteiger partial charge in [-0.1, -0.05) is 17.7 Å². The lowest BCUT2D eigenvalue weighted by Gasteiger charge is -2.19. The lowest BCUT2D eigenvalue weighted by atomic mass is 10.00. The van der Waals surface area contributed by atoms with E-state index in [2.05, 4.69) is 10.6 Å². The lowest BCUT2D eigenvalue weighted by Crippen LogP contribution is -2.37. The number of imide groups is 1. The molecule has 1 aliphatic rings. The van der Waals surface area contributed by atoms with Crippen LogP contribution in [0.4, 0.5) is 10.5 Å². The van der Waals surface area contributed by atoms with E-state index in [0.29, 0.717) is 36.0 Å². The van der Waals surface area contributed by atoms with Crippen molar-refractivity contribution < 1.29 is 28.6 Å². The normalized spacial score (nSPS) is 12.1. The van der Waals surface area contributed by atoms with Gasteiger partial charge >= 0.3 is 12.0 Å². The van der Waals surface area contributed by atoms with Crippen molar-refractivity contribution in [3.05, 3.63) is 52.6 Å². The number of ether oxygens (including phenoxy) is 3. The standard InChI is InChI=1S/C21H22N2O6/c1-12-8-13(2)19(14(3)9-12)20(25)29-11-18(24)23-21(26)22-15-4-5-16-17(10-15)28-7-6-27-16/h4-5,8-10H,6-7,11H2,1-3H3,(H2,22,23,24,26). The number of urea groups is 1. The maximum atomic E-state index is 12.3. The van der Waals surface area contributed by atoms with Crippen molar-refractivity contribution in [2.24, 2.45) is 0 Å². The number of hydrogen-bond acceptors (Lipinski definition) is 6. The van der Waals surface area contributed by atoms with Gasteiger partial charge in [0.1, 0.15) is 13.2 Å². The van der Waals surface area contributed by atoms with Crippen molar-refractivity contribution in [1.82, 2.24) is 5.32 Å². The zero-order valence-electron chi connectivity index (χ0n) is 16.5. The highest BCUT2D eigenvalue weighted by Crippen LogP contribution is 2.32. The van der Waals surface area contributed by atoms with Gasteiger partial charge in [-0.05, 0) is 44.0 Å². The highest BCUT2D eigenvalue weighted by molar-refractivity contribution is 6.02. The summed E-state index contributed by atoms with van der Waals surface area (Å²) in [7, 11) is 0. The van der Waals surface area contributed by atoms with Gasteiger partial charge in [0.25, 0.3) is 5.91 Å². The maximum Gasteiger partial charge on any atom is 0.339 e. The first-order chi connectivity index (χ1) is 13.8. The Bertz CT molecular complexity index is 947. The van der Waals surface area contributed by atoms with Crippen LogP contribution in [0, 0.1) is 20.8 Å². The second-order valence-electron chi connectivity index (χ2n) is 6.71. The molecule has 0 aliphatic carbocycles. The minimum Gasteiger partial charge on any atom is -0.486 e. The van der Waals surface area contributed by atoms with Crippen LogP contribution >= 0.6 is 0 Å². The van der Waals surface area contributed by atoms with Gasteiger partial charge in [-0.3, -0.25) is 10.1 Å². The summed E-state index contributed by atoms with van der Waals surface area (Å²) in [5, 5.41) is 4.64. The molecule has 1 aliphatic heterocycles. The van der Waals surface area contributed by atoms with E-state index in [9.17, 15) is 14.4 Å². The van der Waals surface area contributed by atoms with Gasteiger partial charge in [0, 0.05) is 11.8 Å². The molecule has 0 saturated heterocycles. The molecule has 1 heterocycles. The average Bonchev–Trinajstić information content (AvgIpc) is 2.65. The Balaban J connectivity index is 1.52. The Labute approximate surface area is 168 Å². The minimum atomic E-state index is -0.745. The molecule has 2 aromatic rings. The number of carbonyl (C=O) groups is 3. The number of benzene rings is 2. The molecule has 0 unspecified atom stereocenters. The zero-order chi connectivity index (χ0) is 21.0. The molecule has 0 spiro atoms. The summed E-state index contributed by atoms with van der Waals surface area (Å²) in [6.45, 7) is 5.86. The second kappa shape index (κ2) is 8.64. The summed E-state index contributed by atoms with van der Waals surface area (Å²) in [5.41, 5.74) is 3.42. The third-order valence-corrected chi connectivity index (χ3v) is 4.27. The first-order valence-corrected chi connectivity index (χ1v) is 9.09. The summed E-state index contributed by atoms with van der Waals surface area (Å²) in [4.78, 5) is 36.2. The average molecular weight is 398 g/mol. The summed E-state index contributed by atoms with van der Waals surface area (Å²) >= 11 is 0. The fraction of sp³-hybridized carbons (Fsp3) is 0.286. The van der Waals surface area contributed by atoms with E-state index in [1.54, 1.807) is 32.0 Å². The molecule has 0 saturated carbocycles. The van der Waals surface area contributed by atoms with E-state index in [0.717, 1.165) is 16.7 Å². The Kier molecular flexibility index (Phi) is 6.01. The van der Waals surface area contributed by atoms with Gasteiger partial charge in [0.15, 0.2) is 18.1 Å². The predicted octanol–water partition coefficient (Wildman–Crippen LogP) is 2.89. The molecule has 0 atom stereocenters. The van der Waals surface area contributed by atoms with E-state index in [-0.39, 0.29) is 0 Å². The minimum absolute atomic E-state index is 0.420. The lowest BCUT2D eigenvalue weighted by molar-refractivity contribution is -0.123. The number of aryl methyl sites for hydroxylation is 3. The number of anilines is 1. The van der Waals surface area contributed by atoms with Crippen molar-refractivity contribution >= 4 is 23.6 Å². The molecule has 3 amide bonds. The van der Waals surface area contributed by atoms with Crippen molar-refractivity contribution in [1.29, 1.82) is 0 Å². The molecule has 2 aromatic carbocycles. The molecule has 8 nitrogen and oxygen atoms in total. The highest BCUT2D eigenvalue weighted by atomic mass is 16.6. The third-order valence-electron chi connectivity index (χ3n) is 4.27. The first-order valence-electron chi connectivity index (χ1n) is 9.09. The second-order valence-corrected chi connectivity index (χ2v) is 6.71. The number of carbonyl (C=O) groups excluding carboxylic acids is 3. The molecule has 8 heteroatoms. The van der Waals surface area contributed by atoms with E-state index < -0.39 is 24.5 Å². The van der Waals surface area contributed by atoms with Crippen LogP contribution in [-0.2, 0) is 9.53 Å². The monoisotopic (exact) mass is 398 g/mol. The van der Waals surface area contributed by atoms with Gasteiger partial charge in [-0.25, -0.2) is 9.59 Å². The van der Waals surface area contributed by atoms with Crippen LogP contribution in [0.5, 0.6) is 11.5 Å². The van der Waals surface area contributed by atoms with Crippen molar-refractivity contribution in [2.75, 3.05) is 25.1 Å². The molecule has 3 rings (SSSR count). The topological polar surface area (TPSA) is 103 Å². The fourth-order valence-corrected chi connectivity index (χ4v) is 3.15. The SMILES string of the molecule is Cc1cc(C)c(C(=O)OCC(=O)NC(=O)Nc2ccc3c(c2)OCCO3)c(C)c1. The number of rotatable bonds is 4. The number of esters is 1. The molecule has 152 valence electrons. The van der Waals surface area contributed by atoms with Crippen LogP contribution in [0.15, 0.2) is 30.3 Å². The van der Waals surface area contributed by atoms with E-state index in [1.807, 2.05) is 19.1 Å². The number of nitrogens with one attached hydrogen (secondary N) is 2. The maximum absolute atomic E-state index is 12.3. The molecule has 29 heavy (non-hydrogen) atoms. The van der Waals surface area contributed by atoms with Gasteiger partial charge in [0.2, 0.25) is 0 Å². The number of hydrogen-bond donors (Lipinski definition) is 2. The summed E-state index contributed by atoms with van der Waals surface area (Å²) in [5.74, 6) is -0.247. The Hall–Kier alpha value is -3.55. The first kappa shape index (κ1) is 20.2. The molecule has 0 aromatic heterocycles. The van der Waals surface area contributed by atoms with Gasteiger partial charge in [-0.15, -0.1) is 0 Å². The molecule has 0 bridgehead atoms. The summed E-state index contributed by atoms with van der Waals surface area (Å²) in [6.07, 6.45) is 0. The van der Waals surface area contributed by atoms with Crippen LogP contribution in [0.25, 0.3) is 0 Å². The number of fused-ring (bicyclic) bond motifs is 1. The molecular formula is C21H22N2O6. The molecule has 0 fully saturated rings.